The smallest absolute Gasteiger partial charge is 0.255 e. The molecule has 0 radical (unpaired) electrons. The number of aryl methyl sites for hydroxylation is 1. The summed E-state index contributed by atoms with van der Waals surface area (Å²) in [4.78, 5) is 14.9. The second-order valence-electron chi connectivity index (χ2n) is 8.20. The maximum absolute atomic E-state index is 12.8. The Balaban J connectivity index is 1.70. The zero-order valence-corrected chi connectivity index (χ0v) is 20.0. The van der Waals surface area contributed by atoms with E-state index < -0.39 is 0 Å². The van der Waals surface area contributed by atoms with Gasteiger partial charge in [0.2, 0.25) is 0 Å². The van der Waals surface area contributed by atoms with Crippen LogP contribution < -0.4 is 14.8 Å². The van der Waals surface area contributed by atoms with Gasteiger partial charge in [0, 0.05) is 36.5 Å². The van der Waals surface area contributed by atoms with Crippen LogP contribution in [0.1, 0.15) is 21.5 Å². The number of ether oxygens (including phenoxy) is 2. The van der Waals surface area contributed by atoms with Crippen LogP contribution >= 0.6 is 0 Å². The molecule has 7 heteroatoms. The summed E-state index contributed by atoms with van der Waals surface area (Å²) in [5.41, 5.74) is 5.49. The van der Waals surface area contributed by atoms with Gasteiger partial charge in [-0.3, -0.25) is 4.79 Å². The molecular weight excluding hydrogens is 430 g/mol. The second-order valence-corrected chi connectivity index (χ2v) is 8.20. The van der Waals surface area contributed by atoms with Crippen LogP contribution in [0.15, 0.2) is 65.8 Å². The molecule has 0 aromatic heterocycles. The lowest BCUT2D eigenvalue weighted by atomic mass is 9.97. The van der Waals surface area contributed by atoms with E-state index in [0.29, 0.717) is 35.8 Å². The van der Waals surface area contributed by atoms with Crippen molar-refractivity contribution in [2.75, 3.05) is 39.7 Å². The summed E-state index contributed by atoms with van der Waals surface area (Å²) in [7, 11) is 5.55. The van der Waals surface area contributed by atoms with Gasteiger partial charge >= 0.3 is 0 Å². The molecule has 3 aromatic rings. The summed E-state index contributed by atoms with van der Waals surface area (Å²) in [6, 6.07) is 19.0. The first-order chi connectivity index (χ1) is 16.4. The highest BCUT2D eigenvalue weighted by Crippen LogP contribution is 2.31. The number of amides is 1. The number of carbonyl (C=O) groups excluding carboxylic acids is 1. The fourth-order valence-corrected chi connectivity index (χ4v) is 3.53. The Hall–Kier alpha value is -3.84. The van der Waals surface area contributed by atoms with E-state index in [-0.39, 0.29) is 5.91 Å². The van der Waals surface area contributed by atoms with E-state index in [4.69, 9.17) is 14.7 Å². The van der Waals surface area contributed by atoms with Crippen molar-refractivity contribution < 1.29 is 19.5 Å². The van der Waals surface area contributed by atoms with E-state index in [2.05, 4.69) is 16.5 Å². The van der Waals surface area contributed by atoms with Gasteiger partial charge in [0.15, 0.2) is 11.5 Å². The SMILES string of the molecule is COc1ccc(NC(=O)c2ccc(-c3ccc(CC=NO)cc3C)cc2)cc1OCCN(C)C. The van der Waals surface area contributed by atoms with Crippen molar-refractivity contribution in [3.05, 3.63) is 77.4 Å². The molecule has 0 saturated carbocycles. The molecule has 0 aliphatic rings. The Morgan fingerprint density at radius 2 is 1.82 bits per heavy atom. The van der Waals surface area contributed by atoms with Crippen LogP contribution in [-0.2, 0) is 6.42 Å². The van der Waals surface area contributed by atoms with Gasteiger partial charge in [0.1, 0.15) is 6.61 Å². The first-order valence-corrected chi connectivity index (χ1v) is 11.0. The molecule has 0 bridgehead atoms. The Labute approximate surface area is 200 Å². The summed E-state index contributed by atoms with van der Waals surface area (Å²) in [6.07, 6.45) is 2.04. The van der Waals surface area contributed by atoms with Crippen LogP contribution in [0.4, 0.5) is 5.69 Å². The minimum atomic E-state index is -0.202. The number of oxime groups is 1. The molecule has 0 atom stereocenters. The van der Waals surface area contributed by atoms with E-state index >= 15 is 0 Å². The van der Waals surface area contributed by atoms with Gasteiger partial charge in [-0.15, -0.1) is 5.16 Å². The minimum absolute atomic E-state index is 0.202. The Bertz CT molecular complexity index is 1140. The predicted octanol–water partition coefficient (Wildman–Crippen LogP) is 4.87. The molecule has 1 amide bonds. The van der Waals surface area contributed by atoms with Crippen molar-refractivity contribution >= 4 is 17.8 Å². The number of benzene rings is 3. The van der Waals surface area contributed by atoms with Crippen LogP contribution in [0.3, 0.4) is 0 Å². The van der Waals surface area contributed by atoms with E-state index in [9.17, 15) is 4.79 Å². The third-order valence-corrected chi connectivity index (χ3v) is 5.38. The molecular formula is C27H31N3O4. The molecule has 0 unspecified atom stereocenters. The normalized spacial score (nSPS) is 11.1. The summed E-state index contributed by atoms with van der Waals surface area (Å²) >= 11 is 0. The topological polar surface area (TPSA) is 83.4 Å². The number of likely N-dealkylation sites (N-methyl/N-ethyl adjacent to an activating group) is 1. The summed E-state index contributed by atoms with van der Waals surface area (Å²) < 4.78 is 11.2. The number of hydrogen-bond acceptors (Lipinski definition) is 6. The van der Waals surface area contributed by atoms with Gasteiger partial charge in [-0.05, 0) is 67.5 Å². The first kappa shape index (κ1) is 24.8. The molecule has 178 valence electrons. The fourth-order valence-electron chi connectivity index (χ4n) is 3.53. The summed E-state index contributed by atoms with van der Waals surface area (Å²) in [5, 5.41) is 14.6. The molecule has 3 rings (SSSR count). The van der Waals surface area contributed by atoms with E-state index in [1.165, 1.54) is 6.21 Å². The van der Waals surface area contributed by atoms with Crippen LogP contribution in [-0.4, -0.2) is 56.6 Å². The molecule has 0 spiro atoms. The number of hydrogen-bond donors (Lipinski definition) is 2. The molecule has 7 nitrogen and oxygen atoms in total. The van der Waals surface area contributed by atoms with Crippen molar-refractivity contribution in [3.63, 3.8) is 0 Å². The average molecular weight is 462 g/mol. The molecule has 3 aromatic carbocycles. The van der Waals surface area contributed by atoms with E-state index in [1.54, 1.807) is 25.3 Å². The van der Waals surface area contributed by atoms with Crippen molar-refractivity contribution in [2.45, 2.75) is 13.3 Å². The molecule has 34 heavy (non-hydrogen) atoms. The van der Waals surface area contributed by atoms with Crippen LogP contribution in [0.25, 0.3) is 11.1 Å². The lowest BCUT2D eigenvalue weighted by molar-refractivity contribution is 0.102. The number of nitrogens with one attached hydrogen (secondary N) is 1. The standard InChI is InChI=1S/C27H31N3O4/c1-19-17-20(13-14-28-32)5-11-24(19)21-6-8-22(9-7-21)27(31)29-23-10-12-25(33-4)26(18-23)34-16-15-30(2)3/h5-12,14,17-18,32H,13,15-16H2,1-4H3,(H,29,31). The second kappa shape index (κ2) is 11.9. The lowest BCUT2D eigenvalue weighted by Gasteiger charge is -2.15. The first-order valence-electron chi connectivity index (χ1n) is 11.0. The van der Waals surface area contributed by atoms with Gasteiger partial charge in [-0.2, -0.15) is 0 Å². The van der Waals surface area contributed by atoms with Gasteiger partial charge in [-0.1, -0.05) is 30.3 Å². The van der Waals surface area contributed by atoms with Crippen molar-refractivity contribution in [2.24, 2.45) is 5.16 Å². The molecule has 0 aliphatic carbocycles. The molecule has 0 fully saturated rings. The average Bonchev–Trinajstić information content (AvgIpc) is 2.83. The van der Waals surface area contributed by atoms with Gasteiger partial charge in [0.25, 0.3) is 5.91 Å². The fraction of sp³-hybridized carbons (Fsp3) is 0.259. The van der Waals surface area contributed by atoms with Gasteiger partial charge < -0.3 is 24.9 Å². The van der Waals surface area contributed by atoms with Gasteiger partial charge in [0.05, 0.1) is 7.11 Å². The summed E-state index contributed by atoms with van der Waals surface area (Å²) in [6.45, 7) is 3.32. The quantitative estimate of drug-likeness (QED) is 0.256. The molecule has 2 N–H and O–H groups in total. The van der Waals surface area contributed by atoms with Crippen LogP contribution in [0.5, 0.6) is 11.5 Å². The Morgan fingerprint density at radius 1 is 1.06 bits per heavy atom. The predicted molar refractivity (Wildman–Crippen MR) is 136 cm³/mol. The zero-order valence-electron chi connectivity index (χ0n) is 20.0. The zero-order chi connectivity index (χ0) is 24.5. The number of anilines is 1. The molecule has 0 aliphatic heterocycles. The largest absolute Gasteiger partial charge is 0.493 e. The lowest BCUT2D eigenvalue weighted by Crippen LogP contribution is -2.19. The van der Waals surface area contributed by atoms with Crippen LogP contribution in [0.2, 0.25) is 0 Å². The third kappa shape index (κ3) is 6.59. The summed E-state index contributed by atoms with van der Waals surface area (Å²) in [5.74, 6) is 0.999. The van der Waals surface area contributed by atoms with Crippen molar-refractivity contribution in [1.29, 1.82) is 0 Å². The maximum atomic E-state index is 12.8. The molecule has 0 saturated heterocycles. The number of rotatable bonds is 10. The highest BCUT2D eigenvalue weighted by atomic mass is 16.5. The minimum Gasteiger partial charge on any atom is -0.493 e. The van der Waals surface area contributed by atoms with Gasteiger partial charge in [-0.25, -0.2) is 0 Å². The van der Waals surface area contributed by atoms with Crippen LogP contribution in [0, 0.1) is 6.92 Å². The number of methoxy groups -OCH3 is 1. The Morgan fingerprint density at radius 3 is 2.47 bits per heavy atom. The van der Waals surface area contributed by atoms with E-state index in [0.717, 1.165) is 28.8 Å². The number of carbonyl (C=O) groups is 1. The third-order valence-electron chi connectivity index (χ3n) is 5.38. The van der Waals surface area contributed by atoms with Crippen molar-refractivity contribution in [1.82, 2.24) is 4.90 Å². The highest BCUT2D eigenvalue weighted by Gasteiger charge is 2.11. The highest BCUT2D eigenvalue weighted by molar-refractivity contribution is 6.04. The Kier molecular flexibility index (Phi) is 8.65. The number of nitrogens with zero attached hydrogens (tertiary/aromatic N) is 2. The van der Waals surface area contributed by atoms with Crippen molar-refractivity contribution in [3.8, 4) is 22.6 Å². The maximum Gasteiger partial charge on any atom is 0.255 e. The monoisotopic (exact) mass is 461 g/mol. The molecule has 0 heterocycles. The van der Waals surface area contributed by atoms with E-state index in [1.807, 2.05) is 62.3 Å².